The van der Waals surface area contributed by atoms with Crippen LogP contribution in [0, 0.1) is 11.3 Å². The van der Waals surface area contributed by atoms with E-state index in [1.54, 1.807) is 6.07 Å². The molecule has 0 aliphatic heterocycles. The monoisotopic (exact) mass is 331 g/mol. The highest BCUT2D eigenvalue weighted by Crippen LogP contribution is 2.33. The van der Waals surface area contributed by atoms with Crippen molar-refractivity contribution in [1.82, 2.24) is 4.98 Å². The van der Waals surface area contributed by atoms with Crippen molar-refractivity contribution in [2.24, 2.45) is 0 Å². The summed E-state index contributed by atoms with van der Waals surface area (Å²) in [5.74, 6) is 1.25. The summed E-state index contributed by atoms with van der Waals surface area (Å²) in [4.78, 5) is 4.09. The first-order valence-corrected chi connectivity index (χ1v) is 6.93. The van der Waals surface area contributed by atoms with Gasteiger partial charge in [0.25, 0.3) is 0 Å². The molecule has 0 saturated heterocycles. The van der Waals surface area contributed by atoms with Gasteiger partial charge in [0.15, 0.2) is 0 Å². The van der Waals surface area contributed by atoms with Gasteiger partial charge >= 0.3 is 0 Å². The number of nitrogens with two attached hydrogens (primary N) is 1. The van der Waals surface area contributed by atoms with Gasteiger partial charge in [0.05, 0.1) is 11.9 Å². The third-order valence-electron chi connectivity index (χ3n) is 2.79. The number of benzene rings is 1. The van der Waals surface area contributed by atoms with Gasteiger partial charge < -0.3 is 10.5 Å². The van der Waals surface area contributed by atoms with Crippen LogP contribution in [0.4, 0.5) is 5.69 Å². The van der Waals surface area contributed by atoms with Gasteiger partial charge in [-0.2, -0.15) is 5.26 Å². The Morgan fingerprint density at radius 3 is 2.75 bits per heavy atom. The average molecular weight is 332 g/mol. The summed E-state index contributed by atoms with van der Waals surface area (Å²) in [6.07, 6.45) is 1.48. The third kappa shape index (κ3) is 3.09. The van der Waals surface area contributed by atoms with Crippen molar-refractivity contribution in [3.8, 4) is 17.7 Å². The fraction of sp³-hybridized carbons (Fsp3) is 0.200. The smallest absolute Gasteiger partial charge is 0.237 e. The molecule has 2 aromatic rings. The Balaban J connectivity index is 2.43. The van der Waals surface area contributed by atoms with Crippen LogP contribution >= 0.6 is 15.9 Å². The molecule has 0 amide bonds. The molecule has 20 heavy (non-hydrogen) atoms. The summed E-state index contributed by atoms with van der Waals surface area (Å²) in [6, 6.07) is 9.35. The fourth-order valence-corrected chi connectivity index (χ4v) is 2.18. The number of hydrogen-bond acceptors (Lipinski definition) is 4. The van der Waals surface area contributed by atoms with Crippen molar-refractivity contribution in [1.29, 1.82) is 5.26 Å². The number of nitrogens with zero attached hydrogens (tertiary/aromatic N) is 2. The number of hydrogen-bond donors (Lipinski definition) is 1. The predicted molar refractivity (Wildman–Crippen MR) is 81.7 cm³/mol. The molecule has 0 spiro atoms. The van der Waals surface area contributed by atoms with E-state index < -0.39 is 0 Å². The maximum absolute atomic E-state index is 9.11. The Hall–Kier alpha value is -2.06. The zero-order chi connectivity index (χ0) is 14.7. The Morgan fingerprint density at radius 1 is 1.35 bits per heavy atom. The number of anilines is 1. The molecule has 0 fully saturated rings. The fourth-order valence-electron chi connectivity index (χ4n) is 1.80. The van der Waals surface area contributed by atoms with E-state index in [9.17, 15) is 0 Å². The lowest BCUT2D eigenvalue weighted by Crippen LogP contribution is -1.98. The Morgan fingerprint density at radius 2 is 2.10 bits per heavy atom. The maximum Gasteiger partial charge on any atom is 0.237 e. The summed E-state index contributed by atoms with van der Waals surface area (Å²) in [5.41, 5.74) is 7.42. The van der Waals surface area contributed by atoms with Crippen LogP contribution in [0.1, 0.15) is 30.9 Å². The lowest BCUT2D eigenvalue weighted by molar-refractivity contribution is 0.453. The highest BCUT2D eigenvalue weighted by atomic mass is 79.9. The number of ether oxygens (including phenoxy) is 1. The maximum atomic E-state index is 9.11. The van der Waals surface area contributed by atoms with E-state index in [-0.39, 0.29) is 5.88 Å². The molecule has 0 bridgehead atoms. The molecule has 2 rings (SSSR count). The predicted octanol–water partition coefficient (Wildman–Crippen LogP) is 4.21. The first-order chi connectivity index (χ1) is 9.51. The van der Waals surface area contributed by atoms with E-state index in [0.717, 1.165) is 10.0 Å². The molecule has 0 aliphatic rings. The highest BCUT2D eigenvalue weighted by Gasteiger charge is 2.13. The molecule has 0 unspecified atom stereocenters. The van der Waals surface area contributed by atoms with Crippen LogP contribution in [0.25, 0.3) is 0 Å². The molecule has 0 saturated carbocycles. The summed E-state index contributed by atoms with van der Waals surface area (Å²) in [7, 11) is 0. The van der Waals surface area contributed by atoms with Crippen LogP contribution in [-0.4, -0.2) is 4.98 Å². The second-order valence-electron chi connectivity index (χ2n) is 4.67. The van der Waals surface area contributed by atoms with Gasteiger partial charge in [0.2, 0.25) is 5.88 Å². The third-order valence-corrected chi connectivity index (χ3v) is 3.29. The molecular weight excluding hydrogens is 318 g/mol. The largest absolute Gasteiger partial charge is 0.437 e. The van der Waals surface area contributed by atoms with Gasteiger partial charge in [-0.3, -0.25) is 0 Å². The zero-order valence-electron chi connectivity index (χ0n) is 11.2. The molecule has 1 aromatic heterocycles. The Bertz CT molecular complexity index is 677. The summed E-state index contributed by atoms with van der Waals surface area (Å²) < 4.78 is 6.78. The number of rotatable bonds is 3. The lowest BCUT2D eigenvalue weighted by Gasteiger charge is -2.14. The van der Waals surface area contributed by atoms with Gasteiger partial charge in [0.1, 0.15) is 17.4 Å². The molecule has 0 atom stereocenters. The standard InChI is InChI=1S/C15H14BrN3O/c1-9(2)13-6-11(16)3-4-14(13)20-15-10(7-17)5-12(18)8-19-15/h3-6,8-9H,18H2,1-2H3. The SMILES string of the molecule is CC(C)c1cc(Br)ccc1Oc1ncc(N)cc1C#N. The molecule has 2 N–H and O–H groups in total. The van der Waals surface area contributed by atoms with Crippen LogP contribution < -0.4 is 10.5 Å². The van der Waals surface area contributed by atoms with E-state index >= 15 is 0 Å². The minimum atomic E-state index is 0.269. The lowest BCUT2D eigenvalue weighted by atomic mass is 10.0. The van der Waals surface area contributed by atoms with Gasteiger partial charge in [-0.1, -0.05) is 29.8 Å². The molecular formula is C15H14BrN3O. The summed E-state index contributed by atoms with van der Waals surface area (Å²) >= 11 is 3.45. The quantitative estimate of drug-likeness (QED) is 0.914. The molecule has 102 valence electrons. The van der Waals surface area contributed by atoms with Gasteiger partial charge in [-0.25, -0.2) is 4.98 Å². The van der Waals surface area contributed by atoms with Crippen LogP contribution in [-0.2, 0) is 0 Å². The Kier molecular flexibility index (Phi) is 4.26. The van der Waals surface area contributed by atoms with Gasteiger partial charge in [-0.15, -0.1) is 0 Å². The molecule has 1 aromatic carbocycles. The second-order valence-corrected chi connectivity index (χ2v) is 5.59. The van der Waals surface area contributed by atoms with E-state index in [1.165, 1.54) is 6.20 Å². The Labute approximate surface area is 126 Å². The molecule has 5 heteroatoms. The van der Waals surface area contributed by atoms with Crippen LogP contribution in [0.15, 0.2) is 34.9 Å². The van der Waals surface area contributed by atoms with Crippen LogP contribution in [0.3, 0.4) is 0 Å². The minimum absolute atomic E-state index is 0.269. The van der Waals surface area contributed by atoms with Crippen molar-refractivity contribution in [3.05, 3.63) is 46.1 Å². The van der Waals surface area contributed by atoms with Crippen molar-refractivity contribution in [3.63, 3.8) is 0 Å². The molecule has 4 nitrogen and oxygen atoms in total. The summed E-state index contributed by atoms with van der Waals surface area (Å²) in [6.45, 7) is 4.16. The molecule has 0 radical (unpaired) electrons. The first kappa shape index (κ1) is 14.4. The first-order valence-electron chi connectivity index (χ1n) is 6.14. The summed E-state index contributed by atoms with van der Waals surface area (Å²) in [5, 5.41) is 9.11. The van der Waals surface area contributed by atoms with E-state index in [0.29, 0.717) is 22.9 Å². The van der Waals surface area contributed by atoms with Crippen molar-refractivity contribution in [2.75, 3.05) is 5.73 Å². The van der Waals surface area contributed by atoms with Crippen LogP contribution in [0.2, 0.25) is 0 Å². The average Bonchev–Trinajstić information content (AvgIpc) is 2.42. The van der Waals surface area contributed by atoms with E-state index in [1.807, 2.05) is 24.3 Å². The highest BCUT2D eigenvalue weighted by molar-refractivity contribution is 9.10. The number of nitrogen functional groups attached to an aromatic ring is 1. The van der Waals surface area contributed by atoms with E-state index in [4.69, 9.17) is 15.7 Å². The van der Waals surface area contributed by atoms with Gasteiger partial charge in [0, 0.05) is 4.47 Å². The van der Waals surface area contributed by atoms with Crippen molar-refractivity contribution >= 4 is 21.6 Å². The second kappa shape index (κ2) is 5.93. The number of pyridine rings is 1. The van der Waals surface area contributed by atoms with Crippen LogP contribution in [0.5, 0.6) is 11.6 Å². The molecule has 0 aliphatic carbocycles. The minimum Gasteiger partial charge on any atom is -0.437 e. The molecule has 1 heterocycles. The van der Waals surface area contributed by atoms with Crippen molar-refractivity contribution < 1.29 is 4.74 Å². The number of halogens is 1. The number of nitriles is 1. The number of aromatic nitrogens is 1. The van der Waals surface area contributed by atoms with Gasteiger partial charge in [-0.05, 0) is 35.7 Å². The van der Waals surface area contributed by atoms with E-state index in [2.05, 4.69) is 34.8 Å². The topological polar surface area (TPSA) is 71.9 Å². The zero-order valence-corrected chi connectivity index (χ0v) is 12.8. The normalized spacial score (nSPS) is 10.3. The van der Waals surface area contributed by atoms with Crippen molar-refractivity contribution in [2.45, 2.75) is 19.8 Å².